The SMILES string of the molecule is CC(CO)(Cc1c[nH]c2ccccc12)NC(=O)c1cc(C#Cc2cncc(C(=O)O)c2)ccc1OC(F)(F)F. The summed E-state index contributed by atoms with van der Waals surface area (Å²) in [5, 5.41) is 22.7. The van der Waals surface area contributed by atoms with Gasteiger partial charge in [-0.1, -0.05) is 30.0 Å². The molecule has 0 aliphatic rings. The molecule has 2 heterocycles. The van der Waals surface area contributed by atoms with Crippen LogP contribution in [0.3, 0.4) is 0 Å². The number of H-pyrrole nitrogens is 1. The van der Waals surface area contributed by atoms with Gasteiger partial charge in [0.1, 0.15) is 5.75 Å². The van der Waals surface area contributed by atoms with E-state index in [1.807, 2.05) is 24.3 Å². The lowest BCUT2D eigenvalue weighted by atomic mass is 9.92. The predicted octanol–water partition coefficient (Wildman–Crippen LogP) is 4.28. The van der Waals surface area contributed by atoms with Crippen molar-refractivity contribution in [2.24, 2.45) is 0 Å². The van der Waals surface area contributed by atoms with Gasteiger partial charge in [-0.2, -0.15) is 0 Å². The second-order valence-corrected chi connectivity index (χ2v) is 8.99. The first-order valence-electron chi connectivity index (χ1n) is 11.5. The maximum atomic E-state index is 13.3. The first kappa shape index (κ1) is 27.2. The van der Waals surface area contributed by atoms with Crippen molar-refractivity contribution in [3.63, 3.8) is 0 Å². The Morgan fingerprint density at radius 2 is 1.82 bits per heavy atom. The van der Waals surface area contributed by atoms with E-state index in [2.05, 4.69) is 31.9 Å². The second-order valence-electron chi connectivity index (χ2n) is 8.99. The molecule has 1 atom stereocenters. The molecule has 4 aromatic rings. The molecule has 0 saturated carbocycles. The fourth-order valence-corrected chi connectivity index (χ4v) is 3.95. The van der Waals surface area contributed by atoms with E-state index in [-0.39, 0.29) is 23.1 Å². The van der Waals surface area contributed by atoms with Crippen LogP contribution in [0.2, 0.25) is 0 Å². The minimum Gasteiger partial charge on any atom is -0.478 e. The van der Waals surface area contributed by atoms with E-state index >= 15 is 0 Å². The summed E-state index contributed by atoms with van der Waals surface area (Å²) in [5.74, 6) is 2.52. The number of para-hydroxylation sites is 1. The largest absolute Gasteiger partial charge is 0.573 e. The molecule has 1 unspecified atom stereocenters. The van der Waals surface area contributed by atoms with Crippen molar-refractivity contribution >= 4 is 22.8 Å². The summed E-state index contributed by atoms with van der Waals surface area (Å²) < 4.78 is 43.3. The number of carbonyl (C=O) groups excluding carboxylic acids is 1. The molecule has 39 heavy (non-hydrogen) atoms. The van der Waals surface area contributed by atoms with Gasteiger partial charge in [-0.3, -0.25) is 9.78 Å². The number of alkyl halides is 3. The van der Waals surface area contributed by atoms with Gasteiger partial charge in [0, 0.05) is 40.6 Å². The van der Waals surface area contributed by atoms with Crippen molar-refractivity contribution in [3.05, 3.63) is 94.9 Å². The number of aromatic nitrogens is 2. The summed E-state index contributed by atoms with van der Waals surface area (Å²) in [6, 6.07) is 12.1. The minimum absolute atomic E-state index is 0.0886. The standard InChI is InChI=1S/C28H22F3N3O5/c1-27(16-35,12-20-15-33-23-5-3-2-4-21(20)23)34-25(36)22-11-17(8-9-24(22)39-28(29,30)31)6-7-18-10-19(26(37)38)14-32-13-18/h2-5,8-11,13-15,33,35H,12,16H2,1H3,(H,34,36)(H,37,38). The van der Waals surface area contributed by atoms with Gasteiger partial charge in [-0.15, -0.1) is 13.2 Å². The van der Waals surface area contributed by atoms with Crippen LogP contribution in [-0.2, 0) is 6.42 Å². The highest BCUT2D eigenvalue weighted by Gasteiger charge is 2.34. The fraction of sp³-hybridized carbons (Fsp3) is 0.179. The Kier molecular flexibility index (Phi) is 7.60. The van der Waals surface area contributed by atoms with Gasteiger partial charge < -0.3 is 25.3 Å². The zero-order chi connectivity index (χ0) is 28.2. The smallest absolute Gasteiger partial charge is 0.478 e. The van der Waals surface area contributed by atoms with Crippen LogP contribution in [0.25, 0.3) is 10.9 Å². The summed E-state index contributed by atoms with van der Waals surface area (Å²) in [7, 11) is 0. The van der Waals surface area contributed by atoms with E-state index in [1.54, 1.807) is 13.1 Å². The van der Waals surface area contributed by atoms with Crippen LogP contribution in [-0.4, -0.2) is 50.6 Å². The summed E-state index contributed by atoms with van der Waals surface area (Å²) in [6.45, 7) is 1.07. The normalized spacial score (nSPS) is 12.7. The van der Waals surface area contributed by atoms with Gasteiger partial charge in [-0.25, -0.2) is 4.79 Å². The molecule has 11 heteroatoms. The van der Waals surface area contributed by atoms with Crippen molar-refractivity contribution in [3.8, 4) is 17.6 Å². The van der Waals surface area contributed by atoms with Crippen LogP contribution < -0.4 is 10.1 Å². The van der Waals surface area contributed by atoms with Gasteiger partial charge in [0.15, 0.2) is 0 Å². The molecule has 0 saturated heterocycles. The van der Waals surface area contributed by atoms with E-state index in [1.165, 1.54) is 18.3 Å². The zero-order valence-corrected chi connectivity index (χ0v) is 20.5. The lowest BCUT2D eigenvalue weighted by Crippen LogP contribution is -2.50. The first-order valence-corrected chi connectivity index (χ1v) is 11.5. The van der Waals surface area contributed by atoms with Crippen molar-refractivity contribution in [2.45, 2.75) is 25.2 Å². The average molecular weight is 537 g/mol. The van der Waals surface area contributed by atoms with Gasteiger partial charge in [-0.05, 0) is 49.2 Å². The molecule has 200 valence electrons. The van der Waals surface area contributed by atoms with E-state index in [9.17, 15) is 27.9 Å². The number of fused-ring (bicyclic) bond motifs is 1. The number of amides is 1. The molecular formula is C28H22F3N3O5. The summed E-state index contributed by atoms with van der Waals surface area (Å²) in [4.78, 5) is 31.3. The minimum atomic E-state index is -5.06. The maximum absolute atomic E-state index is 13.3. The molecule has 2 aromatic heterocycles. The number of ether oxygens (including phenoxy) is 1. The third-order valence-electron chi connectivity index (χ3n) is 5.81. The van der Waals surface area contributed by atoms with Crippen LogP contribution >= 0.6 is 0 Å². The molecule has 0 radical (unpaired) electrons. The highest BCUT2D eigenvalue weighted by Crippen LogP contribution is 2.29. The van der Waals surface area contributed by atoms with Crippen LogP contribution in [0, 0.1) is 11.8 Å². The van der Waals surface area contributed by atoms with Gasteiger partial charge in [0.25, 0.3) is 5.91 Å². The van der Waals surface area contributed by atoms with Crippen molar-refractivity contribution in [1.82, 2.24) is 15.3 Å². The molecule has 0 fully saturated rings. The van der Waals surface area contributed by atoms with E-state index in [0.29, 0.717) is 0 Å². The number of nitrogens with zero attached hydrogens (tertiary/aromatic N) is 1. The third kappa shape index (κ3) is 6.74. The number of carbonyl (C=O) groups is 2. The molecular weight excluding hydrogens is 515 g/mol. The number of nitrogens with one attached hydrogen (secondary N) is 2. The van der Waals surface area contributed by atoms with E-state index in [4.69, 9.17) is 5.11 Å². The molecule has 0 bridgehead atoms. The lowest BCUT2D eigenvalue weighted by Gasteiger charge is -2.29. The predicted molar refractivity (Wildman–Crippen MR) is 135 cm³/mol. The number of hydrogen-bond donors (Lipinski definition) is 4. The zero-order valence-electron chi connectivity index (χ0n) is 20.5. The number of benzene rings is 2. The van der Waals surface area contributed by atoms with Crippen LogP contribution in [0.5, 0.6) is 5.75 Å². The number of halogens is 3. The highest BCUT2D eigenvalue weighted by molar-refractivity contribution is 5.98. The first-order chi connectivity index (χ1) is 18.5. The van der Waals surface area contributed by atoms with Crippen molar-refractivity contribution in [1.29, 1.82) is 0 Å². The Bertz CT molecular complexity index is 1600. The fourth-order valence-electron chi connectivity index (χ4n) is 3.95. The summed E-state index contributed by atoms with van der Waals surface area (Å²) >= 11 is 0. The number of carboxylic acid groups (broad SMARTS) is 1. The van der Waals surface area contributed by atoms with Crippen LogP contribution in [0.1, 0.15) is 44.3 Å². The Morgan fingerprint density at radius 1 is 1.08 bits per heavy atom. The van der Waals surface area contributed by atoms with Gasteiger partial charge in [0.2, 0.25) is 0 Å². The average Bonchev–Trinajstić information content (AvgIpc) is 3.29. The lowest BCUT2D eigenvalue weighted by molar-refractivity contribution is -0.274. The summed E-state index contributed by atoms with van der Waals surface area (Å²) in [6.07, 6.45) is -0.663. The number of hydrogen-bond acceptors (Lipinski definition) is 5. The second kappa shape index (κ2) is 10.9. The molecule has 0 spiro atoms. The van der Waals surface area contributed by atoms with Gasteiger partial charge in [0.05, 0.1) is 23.3 Å². The number of aromatic carboxylic acids is 1. The number of carboxylic acids is 1. The number of aliphatic hydroxyl groups excluding tert-OH is 1. The molecule has 0 aliphatic heterocycles. The molecule has 4 N–H and O–H groups in total. The van der Waals surface area contributed by atoms with Crippen molar-refractivity contribution in [2.75, 3.05) is 6.61 Å². The number of aromatic amines is 1. The maximum Gasteiger partial charge on any atom is 0.573 e. The topological polar surface area (TPSA) is 125 Å². The Balaban J connectivity index is 1.65. The summed E-state index contributed by atoms with van der Waals surface area (Å²) in [5.41, 5.74) is 0.300. The highest BCUT2D eigenvalue weighted by atomic mass is 19.4. The van der Waals surface area contributed by atoms with Crippen LogP contribution in [0.15, 0.2) is 67.1 Å². The molecule has 0 aliphatic carbocycles. The Labute approximate surface area is 220 Å². The number of pyridine rings is 1. The molecule has 4 rings (SSSR count). The monoisotopic (exact) mass is 537 g/mol. The molecule has 8 nitrogen and oxygen atoms in total. The van der Waals surface area contributed by atoms with E-state index < -0.39 is 41.7 Å². The third-order valence-corrected chi connectivity index (χ3v) is 5.81. The quantitative estimate of drug-likeness (QED) is 0.261. The molecule has 2 aromatic carbocycles. The number of aliphatic hydroxyl groups is 1. The molecule has 1 amide bonds. The number of rotatable bonds is 7. The van der Waals surface area contributed by atoms with Crippen LogP contribution in [0.4, 0.5) is 13.2 Å². The Morgan fingerprint density at radius 3 is 2.54 bits per heavy atom. The van der Waals surface area contributed by atoms with Crippen molar-refractivity contribution < 1.29 is 37.7 Å². The Hall–Kier alpha value is -4.82. The van der Waals surface area contributed by atoms with Gasteiger partial charge >= 0.3 is 12.3 Å². The van der Waals surface area contributed by atoms with E-state index in [0.717, 1.165) is 34.8 Å².